The molecule has 4 saturated heterocycles. The maximum Gasteiger partial charge on any atom is 0.201 e. The van der Waals surface area contributed by atoms with E-state index in [1.54, 1.807) is 0 Å². The number of unbranched alkanes of at least 4 members (excludes halogenated alkanes) is 1. The van der Waals surface area contributed by atoms with E-state index in [2.05, 4.69) is 6.92 Å². The van der Waals surface area contributed by atoms with Crippen molar-refractivity contribution < 1.29 is 24.4 Å². The lowest BCUT2D eigenvalue weighted by Gasteiger charge is -2.59. The molecule has 0 unspecified atom stereocenters. The van der Waals surface area contributed by atoms with Gasteiger partial charge in [-0.2, -0.15) is 0 Å². The second-order valence-corrected chi connectivity index (χ2v) is 8.22. The van der Waals surface area contributed by atoms with Gasteiger partial charge < -0.3 is 14.6 Å². The predicted molar refractivity (Wildman–Crippen MR) is 83.2 cm³/mol. The third kappa shape index (κ3) is 2.47. The molecule has 1 N–H and O–H groups in total. The molecule has 0 aromatic heterocycles. The lowest BCUT2D eigenvalue weighted by atomic mass is 9.57. The summed E-state index contributed by atoms with van der Waals surface area (Å²) in [5, 5.41) is 9.07. The molecule has 23 heavy (non-hydrogen) atoms. The Morgan fingerprint density at radius 2 is 1.96 bits per heavy atom. The van der Waals surface area contributed by atoms with E-state index in [-0.39, 0.29) is 12.9 Å². The van der Waals surface area contributed by atoms with Crippen LogP contribution in [0.15, 0.2) is 0 Å². The maximum absolute atomic E-state index is 9.07. The number of hydrogen-bond donors (Lipinski definition) is 1. The lowest BCUT2D eigenvalue weighted by Crippen LogP contribution is -2.69. The van der Waals surface area contributed by atoms with Crippen molar-refractivity contribution in [3.8, 4) is 0 Å². The summed E-state index contributed by atoms with van der Waals surface area (Å²) in [6.07, 6.45) is 7.05. The van der Waals surface area contributed by atoms with Crippen LogP contribution in [0.25, 0.3) is 0 Å². The van der Waals surface area contributed by atoms with Gasteiger partial charge in [-0.25, -0.2) is 9.78 Å². The Kier molecular flexibility index (Phi) is 4.21. The van der Waals surface area contributed by atoms with Gasteiger partial charge in [-0.3, -0.25) is 0 Å². The highest BCUT2D eigenvalue weighted by molar-refractivity contribution is 5.08. The molecule has 5 rings (SSSR count). The molecule has 5 heteroatoms. The van der Waals surface area contributed by atoms with Gasteiger partial charge >= 0.3 is 0 Å². The number of fused-ring (bicyclic) bond motifs is 2. The largest absolute Gasteiger partial charge is 0.396 e. The highest BCUT2D eigenvalue weighted by Gasteiger charge is 2.68. The average Bonchev–Trinajstić information content (AvgIpc) is 2.77. The molecule has 1 saturated carbocycles. The highest BCUT2D eigenvalue weighted by atomic mass is 17.3. The Morgan fingerprint density at radius 3 is 2.78 bits per heavy atom. The summed E-state index contributed by atoms with van der Waals surface area (Å²) >= 11 is 0. The molecule has 5 nitrogen and oxygen atoms in total. The standard InChI is InChI=1S/C18H30O5/c1-12-6-7-15-13(5-3-4-10-19)11-20-16-18(15)14(12)8-9-17(2,21-16)22-23-18/h12-16,19H,3-11H2,1-2H3/t12-,13+,14+,15+,16-,17+,18-/m1/s1. The highest BCUT2D eigenvalue weighted by Crippen LogP contribution is 2.60. The summed E-state index contributed by atoms with van der Waals surface area (Å²) in [6, 6.07) is 0. The molecule has 0 aromatic rings. The van der Waals surface area contributed by atoms with Crippen molar-refractivity contribution in [2.45, 2.75) is 76.5 Å². The Labute approximate surface area is 138 Å². The van der Waals surface area contributed by atoms with Crippen molar-refractivity contribution in [2.75, 3.05) is 13.2 Å². The lowest BCUT2D eigenvalue weighted by molar-refractivity contribution is -0.567. The van der Waals surface area contributed by atoms with Gasteiger partial charge in [0, 0.05) is 18.9 Å². The molecule has 0 amide bonds. The minimum atomic E-state index is -0.665. The molecular weight excluding hydrogens is 296 g/mol. The smallest absolute Gasteiger partial charge is 0.201 e. The van der Waals surface area contributed by atoms with E-state index in [1.807, 2.05) is 6.92 Å². The molecule has 5 fully saturated rings. The summed E-state index contributed by atoms with van der Waals surface area (Å²) < 4.78 is 12.4. The first-order valence-electron chi connectivity index (χ1n) is 9.36. The van der Waals surface area contributed by atoms with Crippen molar-refractivity contribution in [1.82, 2.24) is 0 Å². The van der Waals surface area contributed by atoms with E-state index in [0.717, 1.165) is 45.1 Å². The van der Waals surface area contributed by atoms with Gasteiger partial charge in [-0.1, -0.05) is 13.3 Å². The number of hydrogen-bond acceptors (Lipinski definition) is 5. The number of aliphatic hydroxyl groups excluding tert-OH is 1. The van der Waals surface area contributed by atoms with E-state index in [9.17, 15) is 0 Å². The zero-order chi connectivity index (χ0) is 16.1. The van der Waals surface area contributed by atoms with E-state index < -0.39 is 11.4 Å². The topological polar surface area (TPSA) is 57.2 Å². The number of rotatable bonds is 4. The molecule has 1 spiro atoms. The first-order valence-corrected chi connectivity index (χ1v) is 9.36. The minimum absolute atomic E-state index is 0.271. The summed E-state index contributed by atoms with van der Waals surface area (Å²) in [5.74, 6) is 1.30. The third-order valence-electron chi connectivity index (χ3n) is 6.79. The average molecular weight is 326 g/mol. The molecule has 5 aliphatic rings. The molecule has 4 aliphatic heterocycles. The Bertz CT molecular complexity index is 443. The van der Waals surface area contributed by atoms with Gasteiger partial charge in [-0.05, 0) is 56.8 Å². The van der Waals surface area contributed by atoms with Crippen LogP contribution in [0.3, 0.4) is 0 Å². The van der Waals surface area contributed by atoms with Crippen molar-refractivity contribution in [3.63, 3.8) is 0 Å². The van der Waals surface area contributed by atoms with Gasteiger partial charge in [-0.15, -0.1) is 0 Å². The van der Waals surface area contributed by atoms with Crippen LogP contribution >= 0.6 is 0 Å². The summed E-state index contributed by atoms with van der Waals surface area (Å²) in [5.41, 5.74) is -0.435. The van der Waals surface area contributed by atoms with Crippen LogP contribution in [0.5, 0.6) is 0 Å². The Hall–Kier alpha value is -0.200. The van der Waals surface area contributed by atoms with Crippen LogP contribution in [0.1, 0.15) is 58.8 Å². The monoisotopic (exact) mass is 326 g/mol. The predicted octanol–water partition coefficient (Wildman–Crippen LogP) is 3.01. The zero-order valence-electron chi connectivity index (χ0n) is 14.3. The van der Waals surface area contributed by atoms with Crippen molar-refractivity contribution in [3.05, 3.63) is 0 Å². The molecule has 0 aromatic carbocycles. The minimum Gasteiger partial charge on any atom is -0.396 e. The second kappa shape index (κ2) is 5.95. The molecule has 132 valence electrons. The fraction of sp³-hybridized carbons (Fsp3) is 1.00. The fourth-order valence-electron chi connectivity index (χ4n) is 5.53. The summed E-state index contributed by atoms with van der Waals surface area (Å²) in [6.45, 7) is 5.32. The molecular formula is C18H30O5. The van der Waals surface area contributed by atoms with Crippen LogP contribution in [-0.4, -0.2) is 36.0 Å². The van der Waals surface area contributed by atoms with E-state index in [4.69, 9.17) is 24.4 Å². The molecule has 0 radical (unpaired) electrons. The zero-order valence-corrected chi connectivity index (χ0v) is 14.3. The van der Waals surface area contributed by atoms with Gasteiger partial charge in [0.2, 0.25) is 5.79 Å². The van der Waals surface area contributed by atoms with Crippen LogP contribution in [0, 0.1) is 23.7 Å². The van der Waals surface area contributed by atoms with Gasteiger partial charge in [0.05, 0.1) is 6.61 Å². The van der Waals surface area contributed by atoms with Crippen LogP contribution in [0.4, 0.5) is 0 Å². The summed E-state index contributed by atoms with van der Waals surface area (Å²) in [7, 11) is 0. The van der Waals surface area contributed by atoms with E-state index in [1.165, 1.54) is 6.42 Å². The van der Waals surface area contributed by atoms with Gasteiger partial charge in [0.15, 0.2) is 11.9 Å². The number of ether oxygens (including phenoxy) is 2. The first kappa shape index (κ1) is 16.3. The molecule has 1 aliphatic carbocycles. The summed E-state index contributed by atoms with van der Waals surface area (Å²) in [4.78, 5) is 11.9. The molecule has 4 heterocycles. The SMILES string of the molecule is C[C@@H]1CC[C@H]2[C@@H](CCCCO)CO[C@@H]3O[C@]4(C)CC[C@@H]1[C@]32OO4. The van der Waals surface area contributed by atoms with Crippen molar-refractivity contribution in [2.24, 2.45) is 23.7 Å². The van der Waals surface area contributed by atoms with Crippen LogP contribution < -0.4 is 0 Å². The fourth-order valence-corrected chi connectivity index (χ4v) is 5.53. The maximum atomic E-state index is 9.07. The molecule has 7 atom stereocenters. The van der Waals surface area contributed by atoms with Crippen molar-refractivity contribution >= 4 is 0 Å². The Balaban J connectivity index is 1.64. The molecule has 2 bridgehead atoms. The van der Waals surface area contributed by atoms with Crippen LogP contribution in [0.2, 0.25) is 0 Å². The second-order valence-electron chi connectivity index (χ2n) is 8.22. The third-order valence-corrected chi connectivity index (χ3v) is 6.79. The number of aliphatic hydroxyl groups is 1. The van der Waals surface area contributed by atoms with E-state index >= 15 is 0 Å². The van der Waals surface area contributed by atoms with Gasteiger partial charge in [0.25, 0.3) is 0 Å². The van der Waals surface area contributed by atoms with Crippen LogP contribution in [-0.2, 0) is 19.2 Å². The quantitative estimate of drug-likeness (QED) is 0.636. The van der Waals surface area contributed by atoms with Crippen molar-refractivity contribution in [1.29, 1.82) is 0 Å². The first-order chi connectivity index (χ1) is 11.1. The van der Waals surface area contributed by atoms with E-state index in [0.29, 0.717) is 23.7 Å². The van der Waals surface area contributed by atoms with Gasteiger partial charge in [0.1, 0.15) is 0 Å². The normalized spacial score (nSPS) is 52.0. The Morgan fingerprint density at radius 1 is 1.09 bits per heavy atom.